The number of nitrogens with zero attached hydrogens (tertiary/aromatic N) is 2. The van der Waals surface area contributed by atoms with E-state index in [0.29, 0.717) is 27.2 Å². The molecule has 0 bridgehead atoms. The van der Waals surface area contributed by atoms with Gasteiger partial charge in [-0.1, -0.05) is 67.6 Å². The van der Waals surface area contributed by atoms with Crippen LogP contribution >= 0.6 is 22.7 Å². The van der Waals surface area contributed by atoms with E-state index >= 15 is 0 Å². The summed E-state index contributed by atoms with van der Waals surface area (Å²) in [5, 5.41) is 5.04. The lowest BCUT2D eigenvalue weighted by molar-refractivity contribution is 0.112. The number of carbonyl (C=O) groups excluding carboxylic acids is 1. The van der Waals surface area contributed by atoms with Crippen molar-refractivity contribution < 1.29 is 13.6 Å². The van der Waals surface area contributed by atoms with Gasteiger partial charge in [-0.05, 0) is 153 Å². The van der Waals surface area contributed by atoms with Gasteiger partial charge in [-0.25, -0.2) is 9.59 Å². The van der Waals surface area contributed by atoms with Gasteiger partial charge in [-0.3, -0.25) is 4.79 Å². The molecule has 9 rings (SSSR count). The number of nitrogens with one attached hydrogen (secondary N) is 1. The standard InChI is InChI=1S/C57H49N3O5S2/c1-5-50(58-4)40-16-17-41-32-43(56(62)64-51(41)34-40)14-8-37-10-21-45(22-11-37)60(47-25-18-39(19-26-47)53-30-31-55(67-53)54-29-28-49(36-61)66-54)46-23-12-38(13-24-46)9-15-44-33-42-20-27-48(59(6-2)7-3)35-52(42)65-57(44)63/h8-36,50,58H,5-7H2,1-4H3. The molecule has 0 saturated heterocycles. The highest BCUT2D eigenvalue weighted by Gasteiger charge is 2.15. The van der Waals surface area contributed by atoms with Crippen LogP contribution in [0.1, 0.15) is 70.7 Å². The van der Waals surface area contributed by atoms with Gasteiger partial charge in [0, 0.05) is 73.4 Å². The summed E-state index contributed by atoms with van der Waals surface area (Å²) in [6, 6.07) is 49.0. The quantitative estimate of drug-likeness (QED) is 0.0756. The first-order valence-corrected chi connectivity index (χ1v) is 24.1. The lowest BCUT2D eigenvalue weighted by Gasteiger charge is -2.26. The molecule has 10 heteroatoms. The molecule has 0 aliphatic heterocycles. The third-order valence-electron chi connectivity index (χ3n) is 12.0. The first-order chi connectivity index (χ1) is 32.7. The van der Waals surface area contributed by atoms with Crippen molar-refractivity contribution in [2.24, 2.45) is 0 Å². The van der Waals surface area contributed by atoms with Crippen LogP contribution in [0.2, 0.25) is 0 Å². The van der Waals surface area contributed by atoms with Gasteiger partial charge in [0.2, 0.25) is 0 Å². The Hall–Kier alpha value is -7.37. The second-order valence-electron chi connectivity index (χ2n) is 16.1. The van der Waals surface area contributed by atoms with E-state index in [2.05, 4.69) is 109 Å². The molecule has 334 valence electrons. The van der Waals surface area contributed by atoms with Crippen LogP contribution < -0.4 is 26.4 Å². The maximum Gasteiger partial charge on any atom is 0.343 e. The normalized spacial score (nSPS) is 12.1. The second-order valence-corrected chi connectivity index (χ2v) is 18.3. The first kappa shape index (κ1) is 44.8. The van der Waals surface area contributed by atoms with E-state index in [9.17, 15) is 14.4 Å². The lowest BCUT2D eigenvalue weighted by Crippen LogP contribution is -2.21. The maximum absolute atomic E-state index is 13.1. The van der Waals surface area contributed by atoms with Crippen LogP contribution in [0.4, 0.5) is 22.7 Å². The minimum atomic E-state index is -0.384. The van der Waals surface area contributed by atoms with Gasteiger partial charge in [0.1, 0.15) is 11.2 Å². The molecule has 1 atom stereocenters. The van der Waals surface area contributed by atoms with Gasteiger partial charge in [0.05, 0.1) is 16.0 Å². The Morgan fingerprint density at radius 1 is 0.552 bits per heavy atom. The summed E-state index contributed by atoms with van der Waals surface area (Å²) in [4.78, 5) is 46.0. The molecule has 4 heterocycles. The van der Waals surface area contributed by atoms with Crippen molar-refractivity contribution in [1.29, 1.82) is 0 Å². The number of benzene rings is 5. The van der Waals surface area contributed by atoms with Crippen LogP contribution in [0.15, 0.2) is 164 Å². The van der Waals surface area contributed by atoms with Gasteiger partial charge in [-0.15, -0.1) is 22.7 Å². The summed E-state index contributed by atoms with van der Waals surface area (Å²) in [6.07, 6.45) is 9.28. The van der Waals surface area contributed by atoms with E-state index in [1.807, 2.05) is 92.0 Å². The highest BCUT2D eigenvalue weighted by Crippen LogP contribution is 2.40. The maximum atomic E-state index is 13.1. The average molecular weight is 920 g/mol. The second kappa shape index (κ2) is 20.0. The van der Waals surface area contributed by atoms with Crippen molar-refractivity contribution in [1.82, 2.24) is 5.32 Å². The summed E-state index contributed by atoms with van der Waals surface area (Å²) < 4.78 is 11.6. The zero-order valence-electron chi connectivity index (χ0n) is 37.7. The molecule has 0 saturated carbocycles. The summed E-state index contributed by atoms with van der Waals surface area (Å²) in [7, 11) is 1.93. The van der Waals surface area contributed by atoms with E-state index in [1.54, 1.807) is 23.5 Å². The smallest absolute Gasteiger partial charge is 0.343 e. The number of hydrogen-bond donors (Lipinski definition) is 1. The Bertz CT molecular complexity index is 3210. The zero-order chi connectivity index (χ0) is 46.4. The molecule has 0 spiro atoms. The summed E-state index contributed by atoms with van der Waals surface area (Å²) in [5.41, 5.74) is 9.26. The molecule has 0 aliphatic rings. The van der Waals surface area contributed by atoms with Crippen molar-refractivity contribution in [2.75, 3.05) is 29.9 Å². The van der Waals surface area contributed by atoms with E-state index in [0.717, 1.165) is 96.2 Å². The van der Waals surface area contributed by atoms with Crippen molar-refractivity contribution in [3.05, 3.63) is 199 Å². The third-order valence-corrected chi connectivity index (χ3v) is 14.4. The Kier molecular flexibility index (Phi) is 13.4. The Labute approximate surface area is 397 Å². The van der Waals surface area contributed by atoms with Gasteiger partial charge in [0.25, 0.3) is 0 Å². The number of aldehydes is 1. The molecular weight excluding hydrogens is 871 g/mol. The Morgan fingerprint density at radius 3 is 1.60 bits per heavy atom. The number of rotatable bonds is 16. The molecule has 0 aliphatic carbocycles. The molecule has 4 aromatic heterocycles. The number of carbonyl (C=O) groups is 1. The molecule has 67 heavy (non-hydrogen) atoms. The number of fused-ring (bicyclic) bond motifs is 2. The molecule has 9 aromatic rings. The number of hydrogen-bond acceptors (Lipinski definition) is 10. The highest BCUT2D eigenvalue weighted by molar-refractivity contribution is 7.24. The summed E-state index contributed by atoms with van der Waals surface area (Å²) in [6.45, 7) is 8.07. The van der Waals surface area contributed by atoms with E-state index in [1.165, 1.54) is 11.3 Å². The largest absolute Gasteiger partial charge is 0.422 e. The fourth-order valence-corrected chi connectivity index (χ4v) is 10.3. The number of anilines is 4. The topological polar surface area (TPSA) is 96.0 Å². The van der Waals surface area contributed by atoms with Crippen molar-refractivity contribution in [2.45, 2.75) is 33.2 Å². The minimum absolute atomic E-state index is 0.186. The summed E-state index contributed by atoms with van der Waals surface area (Å²) >= 11 is 3.20. The van der Waals surface area contributed by atoms with Crippen molar-refractivity contribution >= 4 is 98.0 Å². The zero-order valence-corrected chi connectivity index (χ0v) is 39.3. The monoisotopic (exact) mass is 919 g/mol. The average Bonchev–Trinajstić information content (AvgIpc) is 4.06. The van der Waals surface area contributed by atoms with Crippen LogP contribution in [0.3, 0.4) is 0 Å². The predicted molar refractivity (Wildman–Crippen MR) is 282 cm³/mol. The van der Waals surface area contributed by atoms with Crippen LogP contribution in [-0.2, 0) is 0 Å². The van der Waals surface area contributed by atoms with Crippen LogP contribution in [-0.4, -0.2) is 26.4 Å². The molecule has 1 unspecified atom stereocenters. The predicted octanol–water partition coefficient (Wildman–Crippen LogP) is 14.5. The molecule has 0 fully saturated rings. The van der Waals surface area contributed by atoms with E-state index in [4.69, 9.17) is 8.83 Å². The Balaban J connectivity index is 0.991. The van der Waals surface area contributed by atoms with E-state index in [-0.39, 0.29) is 17.3 Å². The van der Waals surface area contributed by atoms with Crippen LogP contribution in [0.5, 0.6) is 0 Å². The number of thiophene rings is 2. The van der Waals surface area contributed by atoms with Gasteiger partial charge in [0.15, 0.2) is 6.29 Å². The summed E-state index contributed by atoms with van der Waals surface area (Å²) in [5.74, 6) is 0. The van der Waals surface area contributed by atoms with Gasteiger partial charge < -0.3 is 24.0 Å². The Morgan fingerprint density at radius 2 is 1.06 bits per heavy atom. The van der Waals surface area contributed by atoms with E-state index < -0.39 is 0 Å². The molecule has 5 aromatic carbocycles. The SMILES string of the molecule is CCC(NC)c1ccc2cc(C=Cc3ccc(N(c4ccc(C=Cc5cc6ccc(N(CC)CC)cc6oc5=O)cc4)c4ccc(-c5ccc(-c6ccc(C=O)s6)s5)cc4)cc3)c(=O)oc2c1. The fraction of sp³-hybridized carbons (Fsp3) is 0.140. The van der Waals surface area contributed by atoms with Crippen LogP contribution in [0.25, 0.3) is 66.4 Å². The van der Waals surface area contributed by atoms with Crippen LogP contribution in [0, 0.1) is 0 Å². The highest BCUT2D eigenvalue weighted by atomic mass is 32.1. The van der Waals surface area contributed by atoms with Crippen molar-refractivity contribution in [3.63, 3.8) is 0 Å². The van der Waals surface area contributed by atoms with Gasteiger partial charge >= 0.3 is 11.3 Å². The third kappa shape index (κ3) is 9.78. The lowest BCUT2D eigenvalue weighted by atomic mass is 10.0. The molecule has 1 N–H and O–H groups in total. The first-order valence-electron chi connectivity index (χ1n) is 22.4. The molecular formula is C57H49N3O5S2. The van der Waals surface area contributed by atoms with Crippen molar-refractivity contribution in [3.8, 4) is 20.2 Å². The molecule has 8 nitrogen and oxygen atoms in total. The fourth-order valence-electron chi connectivity index (χ4n) is 8.34. The van der Waals surface area contributed by atoms with Gasteiger partial charge in [-0.2, -0.15) is 0 Å². The molecule has 0 radical (unpaired) electrons. The molecule has 0 amide bonds. The minimum Gasteiger partial charge on any atom is -0.422 e.